The summed E-state index contributed by atoms with van der Waals surface area (Å²) in [6.45, 7) is 3.74. The van der Waals surface area contributed by atoms with Gasteiger partial charge in [0, 0.05) is 20.9 Å². The molecule has 0 saturated carbocycles. The van der Waals surface area contributed by atoms with E-state index in [1.807, 2.05) is 19.9 Å². The summed E-state index contributed by atoms with van der Waals surface area (Å²) in [7, 11) is 0. The first-order valence-electron chi connectivity index (χ1n) is 5.61. The van der Waals surface area contributed by atoms with Gasteiger partial charge in [-0.1, -0.05) is 13.8 Å². The molecule has 17 heavy (non-hydrogen) atoms. The van der Waals surface area contributed by atoms with Crippen LogP contribution in [0.3, 0.4) is 0 Å². The van der Waals surface area contributed by atoms with Gasteiger partial charge in [-0.2, -0.15) is 0 Å². The molecule has 0 fully saturated rings. The molecular formula is C13H13FINO. The van der Waals surface area contributed by atoms with Crippen LogP contribution in [0.15, 0.2) is 12.1 Å². The summed E-state index contributed by atoms with van der Waals surface area (Å²) in [5, 5.41) is 0.931. The van der Waals surface area contributed by atoms with Crippen molar-refractivity contribution in [3.63, 3.8) is 0 Å². The van der Waals surface area contributed by atoms with Gasteiger partial charge in [-0.3, -0.25) is 4.79 Å². The lowest BCUT2D eigenvalue weighted by Crippen LogP contribution is -1.98. The van der Waals surface area contributed by atoms with E-state index in [9.17, 15) is 9.18 Å². The number of rotatable bonds is 3. The highest BCUT2D eigenvalue weighted by Crippen LogP contribution is 2.27. The molecule has 90 valence electrons. The molecule has 0 amide bonds. The minimum absolute atomic E-state index is 0.0593. The van der Waals surface area contributed by atoms with Crippen LogP contribution in [0.1, 0.15) is 36.3 Å². The van der Waals surface area contributed by atoms with E-state index in [4.69, 9.17) is 0 Å². The molecule has 1 heterocycles. The number of aromatic amines is 1. The second-order valence-electron chi connectivity index (χ2n) is 3.93. The van der Waals surface area contributed by atoms with Gasteiger partial charge in [0.25, 0.3) is 0 Å². The van der Waals surface area contributed by atoms with E-state index in [-0.39, 0.29) is 11.6 Å². The number of halogens is 2. The first-order valence-corrected chi connectivity index (χ1v) is 6.69. The number of hydrogen-bond acceptors (Lipinski definition) is 1. The lowest BCUT2D eigenvalue weighted by Gasteiger charge is -1.99. The topological polar surface area (TPSA) is 32.9 Å². The molecule has 0 aliphatic heterocycles. The van der Waals surface area contributed by atoms with Gasteiger partial charge >= 0.3 is 0 Å². The van der Waals surface area contributed by atoms with Crippen molar-refractivity contribution in [3.8, 4) is 0 Å². The number of ketones is 1. The number of fused-ring (bicyclic) bond motifs is 1. The van der Waals surface area contributed by atoms with E-state index in [2.05, 4.69) is 27.6 Å². The SMILES string of the molecule is CCC(=O)c1[nH]c2cc(F)c(CC)cc2c1I. The van der Waals surface area contributed by atoms with Crippen molar-refractivity contribution in [2.45, 2.75) is 26.7 Å². The van der Waals surface area contributed by atoms with Gasteiger partial charge < -0.3 is 4.98 Å². The van der Waals surface area contributed by atoms with Crippen molar-refractivity contribution in [3.05, 3.63) is 32.8 Å². The summed E-state index contributed by atoms with van der Waals surface area (Å²) >= 11 is 2.14. The highest BCUT2D eigenvalue weighted by atomic mass is 127. The second kappa shape index (κ2) is 4.76. The minimum Gasteiger partial charge on any atom is -0.351 e. The summed E-state index contributed by atoms with van der Waals surface area (Å²) in [5.74, 6) is -0.155. The molecule has 2 rings (SSSR count). The predicted octanol–water partition coefficient (Wildman–Crippen LogP) is 4.07. The Hall–Kier alpha value is -0.910. The van der Waals surface area contributed by atoms with Crippen molar-refractivity contribution in [1.82, 2.24) is 4.98 Å². The van der Waals surface area contributed by atoms with Gasteiger partial charge in [0.05, 0.1) is 5.69 Å². The number of aromatic nitrogens is 1. The minimum atomic E-state index is -0.215. The molecule has 2 nitrogen and oxygen atoms in total. The highest BCUT2D eigenvalue weighted by Gasteiger charge is 2.16. The molecule has 1 aromatic carbocycles. The molecule has 4 heteroatoms. The molecule has 0 atom stereocenters. The molecule has 0 aliphatic rings. The Morgan fingerprint density at radius 1 is 1.41 bits per heavy atom. The molecule has 0 unspecified atom stereocenters. The normalized spacial score (nSPS) is 11.1. The zero-order chi connectivity index (χ0) is 12.6. The summed E-state index contributed by atoms with van der Waals surface area (Å²) in [6, 6.07) is 3.30. The number of carbonyl (C=O) groups excluding carboxylic acids is 1. The molecule has 0 saturated heterocycles. The Balaban J connectivity index is 2.70. The lowest BCUT2D eigenvalue weighted by molar-refractivity contribution is 0.0983. The third kappa shape index (κ3) is 2.10. The number of aryl methyl sites for hydroxylation is 1. The van der Waals surface area contributed by atoms with E-state index in [1.165, 1.54) is 6.07 Å². The Labute approximate surface area is 113 Å². The van der Waals surface area contributed by atoms with Crippen molar-refractivity contribution in [2.75, 3.05) is 0 Å². The van der Waals surface area contributed by atoms with Gasteiger partial charge in [-0.25, -0.2) is 4.39 Å². The number of nitrogens with one attached hydrogen (secondary N) is 1. The van der Waals surface area contributed by atoms with Crippen LogP contribution in [0, 0.1) is 9.39 Å². The van der Waals surface area contributed by atoms with Gasteiger partial charge in [0.1, 0.15) is 5.82 Å². The van der Waals surface area contributed by atoms with Crippen molar-refractivity contribution >= 4 is 39.3 Å². The first kappa shape index (κ1) is 12.5. The molecule has 0 bridgehead atoms. The second-order valence-corrected chi connectivity index (χ2v) is 5.01. The Bertz CT molecular complexity index is 589. The number of H-pyrrole nitrogens is 1. The van der Waals surface area contributed by atoms with Gasteiger partial charge in [0.15, 0.2) is 5.78 Å². The molecule has 2 aromatic rings. The fourth-order valence-electron chi connectivity index (χ4n) is 1.87. The van der Waals surface area contributed by atoms with E-state index in [0.717, 1.165) is 8.96 Å². The molecule has 0 radical (unpaired) electrons. The number of carbonyl (C=O) groups is 1. The fraction of sp³-hybridized carbons (Fsp3) is 0.308. The van der Waals surface area contributed by atoms with Crippen LogP contribution in [0.5, 0.6) is 0 Å². The Morgan fingerprint density at radius 3 is 2.71 bits per heavy atom. The van der Waals surface area contributed by atoms with E-state index >= 15 is 0 Å². The maximum absolute atomic E-state index is 13.6. The number of hydrogen-bond donors (Lipinski definition) is 1. The average Bonchev–Trinajstić information content (AvgIpc) is 2.64. The lowest BCUT2D eigenvalue weighted by atomic mass is 10.1. The average molecular weight is 345 g/mol. The van der Waals surface area contributed by atoms with Crippen LogP contribution >= 0.6 is 22.6 Å². The quantitative estimate of drug-likeness (QED) is 0.660. The third-order valence-corrected chi connectivity index (χ3v) is 4.00. The summed E-state index contributed by atoms with van der Waals surface area (Å²) < 4.78 is 14.5. The standard InChI is InChI=1S/C13H13FINO/c1-3-7-5-8-10(6-9(7)14)16-13(12(8)15)11(17)4-2/h5-6,16H,3-4H2,1-2H3. The smallest absolute Gasteiger partial charge is 0.179 e. The van der Waals surface area contributed by atoms with Crippen LogP contribution in [0.2, 0.25) is 0 Å². The maximum Gasteiger partial charge on any atom is 0.179 e. The summed E-state index contributed by atoms with van der Waals surface area (Å²) in [5.41, 5.74) is 1.97. The number of benzene rings is 1. The Morgan fingerprint density at radius 2 is 2.12 bits per heavy atom. The van der Waals surface area contributed by atoms with E-state index in [1.54, 1.807) is 0 Å². The summed E-state index contributed by atoms with van der Waals surface area (Å²) in [4.78, 5) is 14.7. The monoisotopic (exact) mass is 345 g/mol. The van der Waals surface area contributed by atoms with Crippen LogP contribution < -0.4 is 0 Å². The molecule has 1 N–H and O–H groups in total. The zero-order valence-corrected chi connectivity index (χ0v) is 11.9. The highest BCUT2D eigenvalue weighted by molar-refractivity contribution is 14.1. The van der Waals surface area contributed by atoms with E-state index in [0.29, 0.717) is 29.6 Å². The van der Waals surface area contributed by atoms with Crippen LogP contribution in [0.25, 0.3) is 10.9 Å². The predicted molar refractivity (Wildman–Crippen MR) is 75.0 cm³/mol. The fourth-order valence-corrected chi connectivity index (χ4v) is 2.75. The molecule has 1 aromatic heterocycles. The van der Waals surface area contributed by atoms with Crippen molar-refractivity contribution < 1.29 is 9.18 Å². The molecular weight excluding hydrogens is 332 g/mol. The first-order chi connectivity index (χ1) is 8.08. The van der Waals surface area contributed by atoms with Gasteiger partial charge in [-0.15, -0.1) is 0 Å². The third-order valence-electron chi connectivity index (χ3n) is 2.88. The largest absolute Gasteiger partial charge is 0.351 e. The number of Topliss-reactive ketones (excluding diaryl/α,β-unsaturated/α-hetero) is 1. The summed E-state index contributed by atoms with van der Waals surface area (Å²) in [6.07, 6.45) is 1.10. The zero-order valence-electron chi connectivity index (χ0n) is 9.73. The van der Waals surface area contributed by atoms with Crippen molar-refractivity contribution in [2.24, 2.45) is 0 Å². The molecule has 0 spiro atoms. The van der Waals surface area contributed by atoms with Crippen LogP contribution in [0.4, 0.5) is 4.39 Å². The van der Waals surface area contributed by atoms with E-state index < -0.39 is 0 Å². The van der Waals surface area contributed by atoms with Crippen LogP contribution in [-0.2, 0) is 6.42 Å². The van der Waals surface area contributed by atoms with Gasteiger partial charge in [-0.05, 0) is 46.7 Å². The van der Waals surface area contributed by atoms with Crippen molar-refractivity contribution in [1.29, 1.82) is 0 Å². The van der Waals surface area contributed by atoms with Crippen LogP contribution in [-0.4, -0.2) is 10.8 Å². The molecule has 0 aliphatic carbocycles. The maximum atomic E-state index is 13.6. The Kier molecular flexibility index (Phi) is 3.51. The van der Waals surface area contributed by atoms with Gasteiger partial charge in [0.2, 0.25) is 0 Å².